The van der Waals surface area contributed by atoms with Crippen molar-refractivity contribution in [1.82, 2.24) is 15.1 Å². The lowest BCUT2D eigenvalue weighted by molar-refractivity contribution is 0.190. The molecule has 1 saturated heterocycles. The molecule has 0 bridgehead atoms. The van der Waals surface area contributed by atoms with Gasteiger partial charge in [-0.1, -0.05) is 0 Å². The molecule has 1 aliphatic rings. The van der Waals surface area contributed by atoms with Crippen LogP contribution in [0.1, 0.15) is 12.8 Å². The van der Waals surface area contributed by atoms with Crippen LogP contribution in [0.5, 0.6) is 0 Å². The number of nitrogens with one attached hydrogen (secondary N) is 1. The maximum atomic E-state index is 5.28. The van der Waals surface area contributed by atoms with E-state index in [0.29, 0.717) is 6.04 Å². The number of rotatable bonds is 5. The summed E-state index contributed by atoms with van der Waals surface area (Å²) in [5, 5.41) is 7.63. The van der Waals surface area contributed by atoms with Crippen LogP contribution in [0.4, 0.5) is 0 Å². The van der Waals surface area contributed by atoms with Crippen molar-refractivity contribution >= 4 is 0 Å². The summed E-state index contributed by atoms with van der Waals surface area (Å²) in [6.07, 6.45) is 6.09. The monoisotopic (exact) mass is 195 g/mol. The fraction of sp³-hybridized carbons (Fsp3) is 0.700. The Hall–Kier alpha value is -0.870. The topological polar surface area (TPSA) is 39.1 Å². The third-order valence-electron chi connectivity index (χ3n) is 2.49. The lowest BCUT2D eigenvalue weighted by Gasteiger charge is -2.09. The summed E-state index contributed by atoms with van der Waals surface area (Å²) >= 11 is 0. The number of nitrogens with zero attached hydrogens (tertiary/aromatic N) is 2. The third kappa shape index (κ3) is 2.82. The fourth-order valence-electron chi connectivity index (χ4n) is 1.68. The Morgan fingerprint density at radius 2 is 2.57 bits per heavy atom. The first-order valence-corrected chi connectivity index (χ1v) is 5.24. The van der Waals surface area contributed by atoms with Crippen molar-refractivity contribution in [3.05, 3.63) is 18.5 Å². The molecule has 2 rings (SSSR count). The highest BCUT2D eigenvalue weighted by Crippen LogP contribution is 2.02. The van der Waals surface area contributed by atoms with Crippen LogP contribution in [0.25, 0.3) is 0 Å². The molecule has 1 aromatic heterocycles. The van der Waals surface area contributed by atoms with E-state index in [0.717, 1.165) is 39.1 Å². The van der Waals surface area contributed by atoms with Crippen molar-refractivity contribution in [2.24, 2.45) is 0 Å². The van der Waals surface area contributed by atoms with Gasteiger partial charge in [-0.05, 0) is 25.5 Å². The van der Waals surface area contributed by atoms with Crippen molar-refractivity contribution < 1.29 is 4.74 Å². The standard InChI is InChI=1S/C10H17N3O/c1(6-13-7-2-5-12-13)4-11-10-3-8-14-9-10/h2,5,7,10-11H,1,3-4,6,8-9H2. The van der Waals surface area contributed by atoms with Gasteiger partial charge >= 0.3 is 0 Å². The lowest BCUT2D eigenvalue weighted by Crippen LogP contribution is -2.30. The maximum absolute atomic E-state index is 5.28. The van der Waals surface area contributed by atoms with Crippen LogP contribution in [0.2, 0.25) is 0 Å². The highest BCUT2D eigenvalue weighted by atomic mass is 16.5. The molecule has 1 aromatic rings. The molecule has 14 heavy (non-hydrogen) atoms. The zero-order valence-corrected chi connectivity index (χ0v) is 8.35. The van der Waals surface area contributed by atoms with E-state index in [1.165, 1.54) is 0 Å². The number of aryl methyl sites for hydroxylation is 1. The zero-order chi connectivity index (χ0) is 9.64. The van der Waals surface area contributed by atoms with Gasteiger partial charge in [0.05, 0.1) is 6.61 Å². The van der Waals surface area contributed by atoms with Crippen LogP contribution in [0.15, 0.2) is 18.5 Å². The van der Waals surface area contributed by atoms with Gasteiger partial charge in [-0.3, -0.25) is 4.68 Å². The third-order valence-corrected chi connectivity index (χ3v) is 2.49. The van der Waals surface area contributed by atoms with Crippen molar-refractivity contribution in [2.45, 2.75) is 25.4 Å². The average Bonchev–Trinajstić information content (AvgIpc) is 2.86. The van der Waals surface area contributed by atoms with Gasteiger partial charge in [0.1, 0.15) is 0 Å². The van der Waals surface area contributed by atoms with Gasteiger partial charge in [0, 0.05) is 31.6 Å². The van der Waals surface area contributed by atoms with Gasteiger partial charge in [-0.15, -0.1) is 0 Å². The second-order valence-electron chi connectivity index (χ2n) is 3.64. The predicted molar refractivity (Wildman–Crippen MR) is 54.1 cm³/mol. The van der Waals surface area contributed by atoms with Gasteiger partial charge in [-0.25, -0.2) is 0 Å². The Bertz CT molecular complexity index is 242. The molecule has 1 atom stereocenters. The van der Waals surface area contributed by atoms with E-state index in [2.05, 4.69) is 10.4 Å². The molecule has 4 nitrogen and oxygen atoms in total. The van der Waals surface area contributed by atoms with E-state index in [1.54, 1.807) is 0 Å². The van der Waals surface area contributed by atoms with E-state index < -0.39 is 0 Å². The van der Waals surface area contributed by atoms with Crippen LogP contribution in [-0.4, -0.2) is 35.6 Å². The molecule has 78 valence electrons. The largest absolute Gasteiger partial charge is 0.380 e. The minimum atomic E-state index is 0.577. The highest BCUT2D eigenvalue weighted by Gasteiger charge is 2.13. The minimum Gasteiger partial charge on any atom is -0.380 e. The number of hydrogen-bond acceptors (Lipinski definition) is 3. The van der Waals surface area contributed by atoms with E-state index >= 15 is 0 Å². The van der Waals surface area contributed by atoms with Crippen molar-refractivity contribution in [1.29, 1.82) is 0 Å². The molecule has 0 radical (unpaired) electrons. The molecular weight excluding hydrogens is 178 g/mol. The summed E-state index contributed by atoms with van der Waals surface area (Å²) in [5.41, 5.74) is 0. The van der Waals surface area contributed by atoms with E-state index in [9.17, 15) is 0 Å². The quantitative estimate of drug-likeness (QED) is 0.701. The summed E-state index contributed by atoms with van der Waals surface area (Å²) in [6.45, 7) is 3.83. The second-order valence-corrected chi connectivity index (χ2v) is 3.64. The first-order chi connectivity index (χ1) is 6.95. The van der Waals surface area contributed by atoms with Crippen LogP contribution in [0, 0.1) is 0 Å². The minimum absolute atomic E-state index is 0.577. The van der Waals surface area contributed by atoms with Gasteiger partial charge in [0.25, 0.3) is 0 Å². The van der Waals surface area contributed by atoms with E-state index in [4.69, 9.17) is 4.74 Å². The Balaban J connectivity index is 1.55. The molecule has 0 aromatic carbocycles. The molecule has 2 heterocycles. The van der Waals surface area contributed by atoms with Crippen LogP contribution < -0.4 is 5.32 Å². The van der Waals surface area contributed by atoms with E-state index in [-0.39, 0.29) is 0 Å². The Kier molecular flexibility index (Phi) is 3.54. The number of hydrogen-bond donors (Lipinski definition) is 1. The first kappa shape index (κ1) is 9.68. The van der Waals surface area contributed by atoms with Crippen molar-refractivity contribution in [3.63, 3.8) is 0 Å². The van der Waals surface area contributed by atoms with Crippen LogP contribution in [-0.2, 0) is 11.3 Å². The molecular formula is C10H17N3O. The smallest absolute Gasteiger partial charge is 0.0620 e. The van der Waals surface area contributed by atoms with Crippen LogP contribution in [0.3, 0.4) is 0 Å². The van der Waals surface area contributed by atoms with Crippen molar-refractivity contribution in [2.75, 3.05) is 19.8 Å². The summed E-state index contributed by atoms with van der Waals surface area (Å²) in [4.78, 5) is 0. The van der Waals surface area contributed by atoms with Crippen LogP contribution >= 0.6 is 0 Å². The normalized spacial score (nSPS) is 21.6. The molecule has 4 heteroatoms. The lowest BCUT2D eigenvalue weighted by atomic mass is 10.2. The van der Waals surface area contributed by atoms with Crippen molar-refractivity contribution in [3.8, 4) is 0 Å². The SMILES string of the molecule is c1cnn(CCCNC2CCOC2)c1. The first-order valence-electron chi connectivity index (χ1n) is 5.24. The molecule has 0 spiro atoms. The fourth-order valence-corrected chi connectivity index (χ4v) is 1.68. The number of ether oxygens (including phenoxy) is 1. The van der Waals surface area contributed by atoms with Gasteiger partial charge in [0.15, 0.2) is 0 Å². The predicted octanol–water partition coefficient (Wildman–Crippen LogP) is 0.652. The number of aromatic nitrogens is 2. The average molecular weight is 195 g/mol. The molecule has 0 saturated carbocycles. The zero-order valence-electron chi connectivity index (χ0n) is 8.35. The molecule has 0 amide bonds. The molecule has 1 aliphatic heterocycles. The second kappa shape index (κ2) is 5.12. The summed E-state index contributed by atoms with van der Waals surface area (Å²) in [7, 11) is 0. The molecule has 0 aliphatic carbocycles. The summed E-state index contributed by atoms with van der Waals surface area (Å²) in [5.74, 6) is 0. The molecule has 1 fully saturated rings. The van der Waals surface area contributed by atoms with Gasteiger partial charge < -0.3 is 10.1 Å². The Labute approximate surface area is 84.3 Å². The Morgan fingerprint density at radius 3 is 3.29 bits per heavy atom. The highest BCUT2D eigenvalue weighted by molar-refractivity contribution is 4.77. The maximum Gasteiger partial charge on any atom is 0.0620 e. The van der Waals surface area contributed by atoms with Gasteiger partial charge in [-0.2, -0.15) is 5.10 Å². The summed E-state index contributed by atoms with van der Waals surface area (Å²) in [6, 6.07) is 2.53. The molecule has 1 unspecified atom stereocenters. The van der Waals surface area contributed by atoms with Gasteiger partial charge in [0.2, 0.25) is 0 Å². The van der Waals surface area contributed by atoms with E-state index in [1.807, 2.05) is 23.1 Å². The Morgan fingerprint density at radius 1 is 1.57 bits per heavy atom. The summed E-state index contributed by atoms with van der Waals surface area (Å²) < 4.78 is 7.25. The molecule has 1 N–H and O–H groups in total.